The van der Waals surface area contributed by atoms with Gasteiger partial charge in [0.15, 0.2) is 11.6 Å². The SMILES string of the molecule is CC(C)(C)C1=CC(/C=C2\C=CC=CC2=O)C=C(C(C)(C)C)C1=O. The molecule has 0 unspecified atom stereocenters. The lowest BCUT2D eigenvalue weighted by Crippen LogP contribution is -2.29. The van der Waals surface area contributed by atoms with E-state index in [1.807, 2.05) is 30.4 Å². The van der Waals surface area contributed by atoms with Crippen LogP contribution in [0.2, 0.25) is 0 Å². The summed E-state index contributed by atoms with van der Waals surface area (Å²) in [6.45, 7) is 12.3. The first-order valence-corrected chi connectivity index (χ1v) is 8.10. The van der Waals surface area contributed by atoms with Crippen LogP contribution >= 0.6 is 0 Å². The Morgan fingerprint density at radius 3 is 1.74 bits per heavy atom. The summed E-state index contributed by atoms with van der Waals surface area (Å²) in [4.78, 5) is 24.8. The number of carbonyl (C=O) groups excluding carboxylic acids is 2. The third-order valence-corrected chi connectivity index (χ3v) is 4.11. The highest BCUT2D eigenvalue weighted by molar-refractivity contribution is 6.11. The molecule has 0 radical (unpaired) electrons. The molecule has 2 aliphatic rings. The molecule has 0 aromatic heterocycles. The Balaban J connectivity index is 2.50. The van der Waals surface area contributed by atoms with Crippen molar-refractivity contribution >= 4 is 11.6 Å². The molecule has 0 heterocycles. The van der Waals surface area contributed by atoms with E-state index in [-0.39, 0.29) is 28.3 Å². The monoisotopic (exact) mass is 310 g/mol. The van der Waals surface area contributed by atoms with Crippen molar-refractivity contribution in [3.63, 3.8) is 0 Å². The summed E-state index contributed by atoms with van der Waals surface area (Å²) in [5.74, 6) is 0.108. The van der Waals surface area contributed by atoms with E-state index in [4.69, 9.17) is 0 Å². The summed E-state index contributed by atoms with van der Waals surface area (Å²) in [6.07, 6.45) is 13.0. The maximum absolute atomic E-state index is 12.9. The number of Topliss-reactive ketones (excluding diaryl/α,β-unsaturated/α-hetero) is 1. The zero-order valence-electron chi connectivity index (χ0n) is 14.9. The second-order valence-electron chi connectivity index (χ2n) is 8.27. The summed E-state index contributed by atoms with van der Waals surface area (Å²) >= 11 is 0. The fraction of sp³-hybridized carbons (Fsp3) is 0.429. The maximum atomic E-state index is 12.9. The Labute approximate surface area is 139 Å². The smallest absolute Gasteiger partial charge is 0.185 e. The lowest BCUT2D eigenvalue weighted by molar-refractivity contribution is -0.114. The Morgan fingerprint density at radius 2 is 1.30 bits per heavy atom. The molecular formula is C21H26O2. The van der Waals surface area contributed by atoms with Gasteiger partial charge in [0.25, 0.3) is 0 Å². The third kappa shape index (κ3) is 3.87. The van der Waals surface area contributed by atoms with E-state index in [0.29, 0.717) is 5.57 Å². The molecule has 2 rings (SSSR count). The highest BCUT2D eigenvalue weighted by Crippen LogP contribution is 2.39. The van der Waals surface area contributed by atoms with E-state index in [2.05, 4.69) is 41.5 Å². The summed E-state index contributed by atoms with van der Waals surface area (Å²) in [7, 11) is 0. The predicted octanol–water partition coefficient (Wildman–Crippen LogP) is 4.75. The lowest BCUT2D eigenvalue weighted by Gasteiger charge is -2.32. The van der Waals surface area contributed by atoms with E-state index >= 15 is 0 Å². The van der Waals surface area contributed by atoms with Crippen LogP contribution in [0.25, 0.3) is 0 Å². The van der Waals surface area contributed by atoms with Crippen LogP contribution in [0, 0.1) is 16.7 Å². The zero-order valence-corrected chi connectivity index (χ0v) is 14.9. The van der Waals surface area contributed by atoms with Crippen molar-refractivity contribution in [1.82, 2.24) is 0 Å². The summed E-state index contributed by atoms with van der Waals surface area (Å²) in [6, 6.07) is 0. The molecule has 0 aromatic rings. The maximum Gasteiger partial charge on any atom is 0.185 e. The minimum atomic E-state index is -0.217. The minimum absolute atomic E-state index is 0.0146. The van der Waals surface area contributed by atoms with Gasteiger partial charge in [-0.15, -0.1) is 0 Å². The zero-order chi connectivity index (χ0) is 17.4. The minimum Gasteiger partial charge on any atom is -0.289 e. The van der Waals surface area contributed by atoms with Gasteiger partial charge in [-0.1, -0.05) is 78.0 Å². The molecule has 2 nitrogen and oxygen atoms in total. The van der Waals surface area contributed by atoms with Crippen molar-refractivity contribution in [2.75, 3.05) is 0 Å². The highest BCUT2D eigenvalue weighted by atomic mass is 16.1. The number of ketones is 2. The van der Waals surface area contributed by atoms with Gasteiger partial charge >= 0.3 is 0 Å². The molecule has 0 saturated heterocycles. The molecule has 0 saturated carbocycles. The van der Waals surface area contributed by atoms with Crippen LogP contribution in [0.4, 0.5) is 0 Å². The first-order valence-electron chi connectivity index (χ1n) is 8.10. The Hall–Kier alpha value is -1.96. The van der Waals surface area contributed by atoms with E-state index in [1.54, 1.807) is 12.2 Å². The van der Waals surface area contributed by atoms with Gasteiger partial charge in [0.2, 0.25) is 0 Å². The normalized spacial score (nSPS) is 21.7. The van der Waals surface area contributed by atoms with Gasteiger partial charge in [-0.3, -0.25) is 9.59 Å². The number of carbonyl (C=O) groups is 2. The molecule has 0 N–H and O–H groups in total. The van der Waals surface area contributed by atoms with Gasteiger partial charge in [-0.25, -0.2) is 0 Å². The number of hydrogen-bond donors (Lipinski definition) is 0. The van der Waals surface area contributed by atoms with Crippen LogP contribution in [0.3, 0.4) is 0 Å². The lowest BCUT2D eigenvalue weighted by atomic mass is 9.70. The molecule has 0 fully saturated rings. The van der Waals surface area contributed by atoms with Crippen LogP contribution in [0.1, 0.15) is 41.5 Å². The molecular weight excluding hydrogens is 284 g/mol. The number of allylic oxidation sites excluding steroid dienone is 10. The Kier molecular flexibility index (Phi) is 4.48. The largest absolute Gasteiger partial charge is 0.289 e. The fourth-order valence-electron chi connectivity index (χ4n) is 2.83. The van der Waals surface area contributed by atoms with Crippen LogP contribution in [0.15, 0.2) is 59.3 Å². The molecule has 0 atom stereocenters. The van der Waals surface area contributed by atoms with Gasteiger partial charge in [0, 0.05) is 22.6 Å². The van der Waals surface area contributed by atoms with Crippen molar-refractivity contribution in [3.8, 4) is 0 Å². The molecule has 2 heteroatoms. The standard InChI is InChI=1S/C21H26O2/c1-20(2,3)16-12-14(11-15-9-7-8-10-18(15)22)13-17(19(16)23)21(4,5)6/h7-14H,1-6H3/b15-11+. The van der Waals surface area contributed by atoms with Crippen LogP contribution in [-0.2, 0) is 9.59 Å². The summed E-state index contributed by atoms with van der Waals surface area (Å²) in [5.41, 5.74) is 1.90. The van der Waals surface area contributed by atoms with Crippen LogP contribution < -0.4 is 0 Å². The van der Waals surface area contributed by atoms with Gasteiger partial charge in [-0.05, 0) is 16.9 Å². The third-order valence-electron chi connectivity index (χ3n) is 4.11. The molecule has 2 aliphatic carbocycles. The second-order valence-corrected chi connectivity index (χ2v) is 8.27. The van der Waals surface area contributed by atoms with Crippen molar-refractivity contribution in [3.05, 3.63) is 59.3 Å². The average molecular weight is 310 g/mol. The second kappa shape index (κ2) is 5.92. The van der Waals surface area contributed by atoms with Crippen molar-refractivity contribution < 1.29 is 9.59 Å². The van der Waals surface area contributed by atoms with Crippen LogP contribution in [0.5, 0.6) is 0 Å². The molecule has 122 valence electrons. The average Bonchev–Trinajstić information content (AvgIpc) is 2.40. The Bertz CT molecular complexity index is 646. The van der Waals surface area contributed by atoms with E-state index in [9.17, 15) is 9.59 Å². The number of rotatable bonds is 1. The quantitative estimate of drug-likeness (QED) is 0.655. The first-order chi connectivity index (χ1) is 10.5. The first kappa shape index (κ1) is 17.4. The van der Waals surface area contributed by atoms with Gasteiger partial charge in [-0.2, -0.15) is 0 Å². The van der Waals surface area contributed by atoms with E-state index in [0.717, 1.165) is 11.1 Å². The van der Waals surface area contributed by atoms with E-state index in [1.165, 1.54) is 0 Å². The van der Waals surface area contributed by atoms with Crippen LogP contribution in [-0.4, -0.2) is 11.6 Å². The molecule has 0 aliphatic heterocycles. The molecule has 0 amide bonds. The predicted molar refractivity (Wildman–Crippen MR) is 94.9 cm³/mol. The van der Waals surface area contributed by atoms with Crippen molar-refractivity contribution in [1.29, 1.82) is 0 Å². The summed E-state index contributed by atoms with van der Waals surface area (Å²) < 4.78 is 0. The molecule has 0 spiro atoms. The number of hydrogen-bond acceptors (Lipinski definition) is 2. The topological polar surface area (TPSA) is 34.1 Å². The van der Waals surface area contributed by atoms with E-state index < -0.39 is 0 Å². The van der Waals surface area contributed by atoms with Crippen molar-refractivity contribution in [2.45, 2.75) is 41.5 Å². The molecule has 0 aromatic carbocycles. The fourth-order valence-corrected chi connectivity index (χ4v) is 2.83. The Morgan fingerprint density at radius 1 is 0.826 bits per heavy atom. The van der Waals surface area contributed by atoms with Gasteiger partial charge in [0.05, 0.1) is 0 Å². The summed E-state index contributed by atoms with van der Waals surface area (Å²) in [5, 5.41) is 0. The molecule has 0 bridgehead atoms. The van der Waals surface area contributed by atoms with Gasteiger partial charge < -0.3 is 0 Å². The highest BCUT2D eigenvalue weighted by Gasteiger charge is 2.34. The van der Waals surface area contributed by atoms with Gasteiger partial charge in [0.1, 0.15) is 0 Å². The van der Waals surface area contributed by atoms with Crippen molar-refractivity contribution in [2.24, 2.45) is 16.7 Å². The molecule has 23 heavy (non-hydrogen) atoms.